The first-order valence-corrected chi connectivity index (χ1v) is 10.5. The number of pyridine rings is 1. The van der Waals surface area contributed by atoms with Crippen LogP contribution in [0.2, 0.25) is 0 Å². The number of aryl methyl sites for hydroxylation is 1. The van der Waals surface area contributed by atoms with Crippen molar-refractivity contribution in [1.82, 2.24) is 19.9 Å². The van der Waals surface area contributed by atoms with Crippen LogP contribution in [0.5, 0.6) is 5.75 Å². The number of nitrogens with one attached hydrogen (secondary N) is 3. The predicted molar refractivity (Wildman–Crippen MR) is 111 cm³/mol. The van der Waals surface area contributed by atoms with E-state index in [1.165, 1.54) is 13.2 Å². The van der Waals surface area contributed by atoms with Gasteiger partial charge in [0.25, 0.3) is 0 Å². The molecule has 0 radical (unpaired) electrons. The molecule has 2 heterocycles. The Labute approximate surface area is 173 Å². The number of aromatic nitrogens is 3. The first-order valence-electron chi connectivity index (χ1n) is 8.98. The molecule has 0 fully saturated rings. The summed E-state index contributed by atoms with van der Waals surface area (Å²) in [7, 11) is -2.61. The second kappa shape index (κ2) is 9.46. The molecule has 0 unspecified atom stereocenters. The van der Waals surface area contributed by atoms with Crippen molar-refractivity contribution in [2.75, 3.05) is 30.8 Å². The highest BCUT2D eigenvalue weighted by molar-refractivity contribution is 7.89. The molecule has 0 aliphatic rings. The summed E-state index contributed by atoms with van der Waals surface area (Å²) in [6, 6.07) is 10.5. The number of hydrogen-bond acceptors (Lipinski definition) is 8. The predicted octanol–water partition coefficient (Wildman–Crippen LogP) is 2.46. The number of anilines is 3. The van der Waals surface area contributed by atoms with Crippen LogP contribution in [0.15, 0.2) is 53.6 Å². The van der Waals surface area contributed by atoms with Crippen LogP contribution in [-0.4, -0.2) is 43.8 Å². The lowest BCUT2D eigenvalue weighted by atomic mass is 10.3. The average molecular weight is 432 g/mol. The number of methoxy groups -OCH3 is 1. The molecule has 0 saturated heterocycles. The first kappa shape index (κ1) is 21.4. The van der Waals surface area contributed by atoms with Crippen LogP contribution in [0.3, 0.4) is 0 Å². The lowest BCUT2D eigenvalue weighted by molar-refractivity contribution is 0.400. The molecular formula is C19H21FN6O3S. The van der Waals surface area contributed by atoms with Crippen LogP contribution < -0.4 is 20.1 Å². The third-order valence-electron chi connectivity index (χ3n) is 3.97. The van der Waals surface area contributed by atoms with E-state index in [0.29, 0.717) is 17.5 Å². The minimum atomic E-state index is -3.93. The van der Waals surface area contributed by atoms with Gasteiger partial charge in [0.1, 0.15) is 28.1 Å². The number of halogens is 1. The molecule has 1 aromatic carbocycles. The zero-order chi connectivity index (χ0) is 21.6. The third-order valence-corrected chi connectivity index (χ3v) is 5.46. The highest BCUT2D eigenvalue weighted by Gasteiger charge is 2.19. The van der Waals surface area contributed by atoms with Gasteiger partial charge in [-0.2, -0.15) is 0 Å². The molecule has 3 rings (SSSR count). The number of hydrogen-bond donors (Lipinski definition) is 3. The minimum absolute atomic E-state index is 0.0525. The number of nitrogens with zero attached hydrogens (tertiary/aromatic N) is 3. The molecule has 0 amide bonds. The first-order chi connectivity index (χ1) is 14.4. The maximum atomic E-state index is 13.4. The Hall–Kier alpha value is -3.31. The summed E-state index contributed by atoms with van der Waals surface area (Å²) in [5.41, 5.74) is 1.07. The van der Waals surface area contributed by atoms with E-state index in [2.05, 4.69) is 30.5 Å². The summed E-state index contributed by atoms with van der Waals surface area (Å²) in [6.07, 6.45) is 1.70. The molecule has 11 heteroatoms. The fourth-order valence-corrected chi connectivity index (χ4v) is 3.75. The van der Waals surface area contributed by atoms with E-state index in [9.17, 15) is 12.8 Å². The van der Waals surface area contributed by atoms with Crippen LogP contribution in [0.4, 0.5) is 21.8 Å². The average Bonchev–Trinajstić information content (AvgIpc) is 2.72. The monoisotopic (exact) mass is 432 g/mol. The van der Waals surface area contributed by atoms with Gasteiger partial charge in [-0.25, -0.2) is 22.5 Å². The fourth-order valence-electron chi connectivity index (χ4n) is 2.54. The summed E-state index contributed by atoms with van der Waals surface area (Å²) in [4.78, 5) is 3.93. The SMILES string of the molecule is COc1ccc(F)cc1S(=O)(=O)NCCNc1ccc(Nc2cc(C)ccn2)nn1. The molecule has 9 nitrogen and oxygen atoms in total. The van der Waals surface area contributed by atoms with Gasteiger partial charge < -0.3 is 15.4 Å². The lowest BCUT2D eigenvalue weighted by Gasteiger charge is -2.11. The molecular weight excluding hydrogens is 411 g/mol. The van der Waals surface area contributed by atoms with Crippen molar-refractivity contribution in [3.8, 4) is 5.75 Å². The summed E-state index contributed by atoms with van der Waals surface area (Å²) >= 11 is 0. The van der Waals surface area contributed by atoms with Gasteiger partial charge in [-0.15, -0.1) is 10.2 Å². The Kier molecular flexibility index (Phi) is 6.75. The van der Waals surface area contributed by atoms with Crippen molar-refractivity contribution in [2.45, 2.75) is 11.8 Å². The summed E-state index contributed by atoms with van der Waals surface area (Å²) < 4.78 is 45.6. The third kappa shape index (κ3) is 5.61. The molecule has 0 aliphatic heterocycles. The minimum Gasteiger partial charge on any atom is -0.495 e. The summed E-state index contributed by atoms with van der Waals surface area (Å²) in [5, 5.41) is 14.1. The number of sulfonamides is 1. The molecule has 3 N–H and O–H groups in total. The summed E-state index contributed by atoms with van der Waals surface area (Å²) in [5.74, 6) is 1.05. The van der Waals surface area contributed by atoms with Crippen LogP contribution in [0.25, 0.3) is 0 Å². The van der Waals surface area contributed by atoms with E-state index < -0.39 is 15.8 Å². The van der Waals surface area contributed by atoms with E-state index >= 15 is 0 Å². The highest BCUT2D eigenvalue weighted by atomic mass is 32.2. The zero-order valence-electron chi connectivity index (χ0n) is 16.4. The van der Waals surface area contributed by atoms with Crippen molar-refractivity contribution in [2.24, 2.45) is 0 Å². The smallest absolute Gasteiger partial charge is 0.244 e. The Bertz CT molecular complexity index is 1110. The molecule has 0 bridgehead atoms. The van der Waals surface area contributed by atoms with Gasteiger partial charge in [-0.3, -0.25) is 0 Å². The van der Waals surface area contributed by atoms with Gasteiger partial charge >= 0.3 is 0 Å². The van der Waals surface area contributed by atoms with Gasteiger partial charge in [-0.1, -0.05) is 0 Å². The quantitative estimate of drug-likeness (QED) is 0.441. The summed E-state index contributed by atoms with van der Waals surface area (Å²) in [6.45, 7) is 2.26. The van der Waals surface area contributed by atoms with Gasteiger partial charge in [0.05, 0.1) is 7.11 Å². The molecule has 30 heavy (non-hydrogen) atoms. The Morgan fingerprint density at radius 2 is 1.77 bits per heavy atom. The molecule has 0 aliphatic carbocycles. The second-order valence-electron chi connectivity index (χ2n) is 6.27. The second-order valence-corrected chi connectivity index (χ2v) is 8.00. The number of ether oxygens (including phenoxy) is 1. The van der Waals surface area contributed by atoms with E-state index in [0.717, 1.165) is 17.7 Å². The molecule has 3 aromatic rings. The van der Waals surface area contributed by atoms with Crippen LogP contribution in [-0.2, 0) is 10.0 Å². The van der Waals surface area contributed by atoms with E-state index in [1.54, 1.807) is 18.3 Å². The standard InChI is InChI=1S/C19H21FN6O3S/c1-13-7-8-21-19(11-13)24-18-6-5-17(25-26-18)22-9-10-23-30(27,28)16-12-14(20)3-4-15(16)29-2/h3-8,11-12,23H,9-10H2,1-2H3,(H,22,25)(H,21,24,26). The van der Waals surface area contributed by atoms with Gasteiger partial charge in [0.2, 0.25) is 10.0 Å². The Balaban J connectivity index is 1.52. The van der Waals surface area contributed by atoms with Crippen LogP contribution >= 0.6 is 0 Å². The van der Waals surface area contributed by atoms with Crippen LogP contribution in [0, 0.1) is 12.7 Å². The number of rotatable bonds is 9. The van der Waals surface area contributed by atoms with Crippen molar-refractivity contribution < 1.29 is 17.5 Å². The number of benzene rings is 1. The van der Waals surface area contributed by atoms with E-state index in [4.69, 9.17) is 4.74 Å². The van der Waals surface area contributed by atoms with E-state index in [1.807, 2.05) is 19.1 Å². The van der Waals surface area contributed by atoms with E-state index in [-0.39, 0.29) is 23.7 Å². The normalized spacial score (nSPS) is 11.2. The Morgan fingerprint density at radius 1 is 1.00 bits per heavy atom. The van der Waals surface area contributed by atoms with Gasteiger partial charge in [0, 0.05) is 19.3 Å². The molecule has 0 atom stereocenters. The Morgan fingerprint density at radius 3 is 2.47 bits per heavy atom. The topological polar surface area (TPSA) is 118 Å². The van der Waals surface area contributed by atoms with Crippen molar-refractivity contribution in [3.63, 3.8) is 0 Å². The molecule has 158 valence electrons. The molecule has 2 aromatic heterocycles. The maximum Gasteiger partial charge on any atom is 0.244 e. The fraction of sp³-hybridized carbons (Fsp3) is 0.211. The largest absolute Gasteiger partial charge is 0.495 e. The van der Waals surface area contributed by atoms with Crippen LogP contribution in [0.1, 0.15) is 5.56 Å². The maximum absolute atomic E-state index is 13.4. The molecule has 0 spiro atoms. The van der Waals surface area contributed by atoms with Crippen molar-refractivity contribution >= 4 is 27.5 Å². The van der Waals surface area contributed by atoms with Crippen molar-refractivity contribution in [3.05, 3.63) is 60.0 Å². The zero-order valence-corrected chi connectivity index (χ0v) is 17.2. The van der Waals surface area contributed by atoms with Crippen molar-refractivity contribution in [1.29, 1.82) is 0 Å². The lowest BCUT2D eigenvalue weighted by Crippen LogP contribution is -2.29. The highest BCUT2D eigenvalue weighted by Crippen LogP contribution is 2.24. The van der Waals surface area contributed by atoms with Gasteiger partial charge in [0.15, 0.2) is 5.82 Å². The molecule has 0 saturated carbocycles. The van der Waals surface area contributed by atoms with Gasteiger partial charge in [-0.05, 0) is 55.0 Å².